The molecule has 0 radical (unpaired) electrons. The van der Waals surface area contributed by atoms with E-state index in [1.54, 1.807) is 6.92 Å². The highest BCUT2D eigenvalue weighted by Crippen LogP contribution is 2.36. The third kappa shape index (κ3) is 4.17. The summed E-state index contributed by atoms with van der Waals surface area (Å²) in [5.41, 5.74) is -1.77. The fourth-order valence-electron chi connectivity index (χ4n) is 3.40. The maximum Gasteiger partial charge on any atom is 0.416 e. The van der Waals surface area contributed by atoms with Crippen molar-refractivity contribution >= 4 is 11.9 Å². The lowest BCUT2D eigenvalue weighted by atomic mass is 9.74. The van der Waals surface area contributed by atoms with Crippen molar-refractivity contribution in [3.63, 3.8) is 0 Å². The predicted molar refractivity (Wildman–Crippen MR) is 87.3 cm³/mol. The minimum absolute atomic E-state index is 0.100. The van der Waals surface area contributed by atoms with Gasteiger partial charge in [0.15, 0.2) is 0 Å². The number of nitrogens with zero attached hydrogens (tertiary/aromatic N) is 1. The van der Waals surface area contributed by atoms with Crippen LogP contribution in [0.15, 0.2) is 24.3 Å². The average Bonchev–Trinajstić information content (AvgIpc) is 2.56. The second-order valence-corrected chi connectivity index (χ2v) is 6.70. The SMILES string of the molecule is CCC[C@@]1(C(=O)O)CN(C(=O)Cc2ccc(C(F)(F)F)cc2)CC[C@@H]1O. The van der Waals surface area contributed by atoms with Crippen LogP contribution < -0.4 is 0 Å². The number of aliphatic hydroxyl groups is 1. The van der Waals surface area contributed by atoms with Gasteiger partial charge in [0.25, 0.3) is 0 Å². The number of carbonyl (C=O) groups is 2. The van der Waals surface area contributed by atoms with Crippen molar-refractivity contribution in [2.24, 2.45) is 5.41 Å². The Kier molecular flexibility index (Phi) is 5.95. The minimum atomic E-state index is -4.44. The molecule has 0 aliphatic carbocycles. The first-order chi connectivity index (χ1) is 12.1. The number of benzene rings is 1. The molecule has 0 unspecified atom stereocenters. The zero-order valence-electron chi connectivity index (χ0n) is 14.4. The zero-order valence-corrected chi connectivity index (χ0v) is 14.4. The molecule has 1 aliphatic heterocycles. The van der Waals surface area contributed by atoms with Crippen LogP contribution in [-0.4, -0.2) is 46.2 Å². The molecule has 1 saturated heterocycles. The molecule has 0 bridgehead atoms. The van der Waals surface area contributed by atoms with Crippen LogP contribution in [-0.2, 0) is 22.2 Å². The first kappa shape index (κ1) is 20.2. The zero-order chi connectivity index (χ0) is 19.5. The van der Waals surface area contributed by atoms with Gasteiger partial charge in [0, 0.05) is 13.1 Å². The lowest BCUT2D eigenvalue weighted by Crippen LogP contribution is -2.57. The fraction of sp³-hybridized carbons (Fsp3) is 0.556. The summed E-state index contributed by atoms with van der Waals surface area (Å²) in [6.45, 7) is 1.93. The summed E-state index contributed by atoms with van der Waals surface area (Å²) in [5, 5.41) is 19.8. The monoisotopic (exact) mass is 373 g/mol. The number of amides is 1. The number of carbonyl (C=O) groups excluding carboxylic acids is 1. The molecule has 0 aromatic heterocycles. The molecule has 2 N–H and O–H groups in total. The molecule has 1 aromatic rings. The van der Waals surface area contributed by atoms with Gasteiger partial charge in [-0.05, 0) is 30.5 Å². The summed E-state index contributed by atoms with van der Waals surface area (Å²) in [6.07, 6.45) is -4.64. The number of aliphatic hydroxyl groups excluding tert-OH is 1. The van der Waals surface area contributed by atoms with E-state index in [4.69, 9.17) is 0 Å². The van der Waals surface area contributed by atoms with Crippen LogP contribution in [0.4, 0.5) is 13.2 Å². The fourth-order valence-corrected chi connectivity index (χ4v) is 3.40. The van der Waals surface area contributed by atoms with E-state index >= 15 is 0 Å². The van der Waals surface area contributed by atoms with E-state index in [1.807, 2.05) is 0 Å². The van der Waals surface area contributed by atoms with Crippen LogP contribution in [0.3, 0.4) is 0 Å². The summed E-state index contributed by atoms with van der Waals surface area (Å²) < 4.78 is 37.8. The molecule has 1 aliphatic rings. The van der Waals surface area contributed by atoms with Crippen molar-refractivity contribution in [3.8, 4) is 0 Å². The molecular formula is C18H22F3NO4. The number of piperidine rings is 1. The van der Waals surface area contributed by atoms with Crippen molar-refractivity contribution in [1.29, 1.82) is 0 Å². The molecule has 1 heterocycles. The Balaban J connectivity index is 2.11. The number of rotatable bonds is 5. The summed E-state index contributed by atoms with van der Waals surface area (Å²) >= 11 is 0. The number of likely N-dealkylation sites (tertiary alicyclic amines) is 1. The third-order valence-electron chi connectivity index (χ3n) is 4.89. The second kappa shape index (κ2) is 7.65. The molecule has 0 saturated carbocycles. The number of halogens is 3. The normalized spacial score (nSPS) is 23.7. The Bertz CT molecular complexity index is 659. The number of aliphatic carboxylic acids is 1. The molecule has 26 heavy (non-hydrogen) atoms. The lowest BCUT2D eigenvalue weighted by molar-refractivity contribution is -0.166. The highest BCUT2D eigenvalue weighted by atomic mass is 19.4. The summed E-state index contributed by atoms with van der Waals surface area (Å²) in [6, 6.07) is 4.33. The van der Waals surface area contributed by atoms with Gasteiger partial charge in [0.2, 0.25) is 5.91 Å². The number of hydrogen-bond acceptors (Lipinski definition) is 3. The highest BCUT2D eigenvalue weighted by Gasteiger charge is 2.49. The molecular weight excluding hydrogens is 351 g/mol. The molecule has 5 nitrogen and oxygen atoms in total. The molecule has 144 valence electrons. The number of carboxylic acids is 1. The number of alkyl halides is 3. The van der Waals surface area contributed by atoms with Crippen molar-refractivity contribution < 1.29 is 33.0 Å². The van der Waals surface area contributed by atoms with E-state index in [2.05, 4.69) is 0 Å². The van der Waals surface area contributed by atoms with Crippen molar-refractivity contribution in [2.75, 3.05) is 13.1 Å². The third-order valence-corrected chi connectivity index (χ3v) is 4.89. The van der Waals surface area contributed by atoms with Gasteiger partial charge in [-0.1, -0.05) is 25.5 Å². The molecule has 0 spiro atoms. The van der Waals surface area contributed by atoms with Crippen molar-refractivity contribution in [2.45, 2.75) is 44.9 Å². The second-order valence-electron chi connectivity index (χ2n) is 6.70. The average molecular weight is 373 g/mol. The van der Waals surface area contributed by atoms with Gasteiger partial charge < -0.3 is 15.1 Å². The minimum Gasteiger partial charge on any atom is -0.481 e. The molecule has 8 heteroatoms. The standard InChI is InChI=1S/C18H22F3NO4/c1-2-8-17(16(25)26)11-22(9-7-14(17)23)15(24)10-12-3-5-13(6-4-12)18(19,20)21/h3-6,14,23H,2,7-11H2,1H3,(H,25,26)/t14-,17+/m0/s1. The van der Waals surface area contributed by atoms with Crippen LogP contribution in [0.5, 0.6) is 0 Å². The summed E-state index contributed by atoms with van der Waals surface area (Å²) in [5.74, 6) is -1.50. The van der Waals surface area contributed by atoms with Gasteiger partial charge in [-0.2, -0.15) is 13.2 Å². The lowest BCUT2D eigenvalue weighted by Gasteiger charge is -2.43. The molecule has 2 rings (SSSR count). The Hall–Kier alpha value is -2.09. The largest absolute Gasteiger partial charge is 0.481 e. The van der Waals surface area contributed by atoms with Gasteiger partial charge in [-0.15, -0.1) is 0 Å². The Morgan fingerprint density at radius 3 is 2.38 bits per heavy atom. The van der Waals surface area contributed by atoms with E-state index in [-0.39, 0.29) is 38.3 Å². The first-order valence-electron chi connectivity index (χ1n) is 8.45. The number of hydrogen-bond donors (Lipinski definition) is 2. The van der Waals surface area contributed by atoms with Gasteiger partial charge in [0.05, 0.1) is 18.1 Å². The maximum atomic E-state index is 12.6. The summed E-state index contributed by atoms with van der Waals surface area (Å²) in [4.78, 5) is 25.6. The van der Waals surface area contributed by atoms with E-state index < -0.39 is 29.2 Å². The van der Waals surface area contributed by atoms with E-state index in [1.165, 1.54) is 17.0 Å². The molecule has 1 amide bonds. The quantitative estimate of drug-likeness (QED) is 0.832. The van der Waals surface area contributed by atoms with Gasteiger partial charge >= 0.3 is 12.1 Å². The molecule has 1 fully saturated rings. The van der Waals surface area contributed by atoms with Crippen LogP contribution in [0.25, 0.3) is 0 Å². The molecule has 2 atom stereocenters. The van der Waals surface area contributed by atoms with Crippen LogP contribution in [0.1, 0.15) is 37.3 Å². The Morgan fingerprint density at radius 1 is 1.27 bits per heavy atom. The Labute approximate surface area is 149 Å². The maximum absolute atomic E-state index is 12.6. The summed E-state index contributed by atoms with van der Waals surface area (Å²) in [7, 11) is 0. The van der Waals surface area contributed by atoms with E-state index in [0.717, 1.165) is 12.1 Å². The van der Waals surface area contributed by atoms with Crippen LogP contribution in [0, 0.1) is 5.41 Å². The van der Waals surface area contributed by atoms with Gasteiger partial charge in [-0.3, -0.25) is 9.59 Å². The smallest absolute Gasteiger partial charge is 0.416 e. The van der Waals surface area contributed by atoms with Crippen molar-refractivity contribution in [3.05, 3.63) is 35.4 Å². The van der Waals surface area contributed by atoms with Gasteiger partial charge in [0.1, 0.15) is 5.41 Å². The topological polar surface area (TPSA) is 77.8 Å². The van der Waals surface area contributed by atoms with E-state index in [0.29, 0.717) is 12.0 Å². The predicted octanol–water partition coefficient (Wildman–Crippen LogP) is 2.71. The molecule has 1 aromatic carbocycles. The highest BCUT2D eigenvalue weighted by molar-refractivity contribution is 5.81. The first-order valence-corrected chi connectivity index (χ1v) is 8.45. The van der Waals surface area contributed by atoms with Crippen LogP contribution >= 0.6 is 0 Å². The Morgan fingerprint density at radius 2 is 1.88 bits per heavy atom. The van der Waals surface area contributed by atoms with E-state index in [9.17, 15) is 33.0 Å². The van der Waals surface area contributed by atoms with Gasteiger partial charge in [-0.25, -0.2) is 0 Å². The van der Waals surface area contributed by atoms with Crippen LogP contribution in [0.2, 0.25) is 0 Å². The number of carboxylic acid groups (broad SMARTS) is 1. The van der Waals surface area contributed by atoms with Crippen molar-refractivity contribution in [1.82, 2.24) is 4.90 Å².